The van der Waals surface area contributed by atoms with Crippen molar-refractivity contribution in [1.29, 1.82) is 0 Å². The molecule has 0 radical (unpaired) electrons. The van der Waals surface area contributed by atoms with Crippen LogP contribution >= 0.6 is 0 Å². The first-order chi connectivity index (χ1) is 12.0. The normalized spacial score (nSPS) is 21.0. The summed E-state index contributed by atoms with van der Waals surface area (Å²) in [5.41, 5.74) is 0.728. The fourth-order valence-corrected chi connectivity index (χ4v) is 3.53. The van der Waals surface area contributed by atoms with Crippen LogP contribution in [0, 0.1) is 5.82 Å². The Morgan fingerprint density at radius 1 is 1.24 bits per heavy atom. The van der Waals surface area contributed by atoms with Crippen LogP contribution in [-0.4, -0.2) is 64.6 Å². The molecule has 25 heavy (non-hydrogen) atoms. The SMILES string of the molecule is CC(=O)N1CCCC1C(=O)N1CCN(Cc2cccc(F)c2)C(=O)C1. The van der Waals surface area contributed by atoms with Gasteiger partial charge in [0, 0.05) is 33.1 Å². The lowest BCUT2D eigenvalue weighted by molar-refractivity contribution is -0.150. The zero-order valence-electron chi connectivity index (χ0n) is 14.3. The maximum Gasteiger partial charge on any atom is 0.245 e. The number of benzene rings is 1. The molecule has 0 aromatic heterocycles. The number of carbonyl (C=O) groups is 3. The number of hydrogen-bond acceptors (Lipinski definition) is 3. The van der Waals surface area contributed by atoms with E-state index in [1.54, 1.807) is 21.9 Å². The van der Waals surface area contributed by atoms with Gasteiger partial charge in [-0.2, -0.15) is 0 Å². The molecule has 0 saturated carbocycles. The lowest BCUT2D eigenvalue weighted by Gasteiger charge is -2.36. The van der Waals surface area contributed by atoms with E-state index in [2.05, 4.69) is 0 Å². The molecule has 1 atom stereocenters. The molecule has 2 aliphatic heterocycles. The van der Waals surface area contributed by atoms with E-state index < -0.39 is 6.04 Å². The van der Waals surface area contributed by atoms with Crippen LogP contribution in [0.5, 0.6) is 0 Å². The van der Waals surface area contributed by atoms with Crippen LogP contribution in [0.15, 0.2) is 24.3 Å². The zero-order chi connectivity index (χ0) is 18.0. The third-order valence-electron chi connectivity index (χ3n) is 4.84. The van der Waals surface area contributed by atoms with Gasteiger partial charge in [-0.15, -0.1) is 0 Å². The van der Waals surface area contributed by atoms with Gasteiger partial charge in [-0.1, -0.05) is 12.1 Å². The molecule has 2 saturated heterocycles. The van der Waals surface area contributed by atoms with Gasteiger partial charge in [-0.3, -0.25) is 14.4 Å². The van der Waals surface area contributed by atoms with E-state index >= 15 is 0 Å². The molecular weight excluding hydrogens is 325 g/mol. The molecule has 7 heteroatoms. The van der Waals surface area contributed by atoms with Gasteiger partial charge in [0.05, 0.1) is 6.54 Å². The van der Waals surface area contributed by atoms with Crippen LogP contribution in [0.1, 0.15) is 25.3 Å². The fourth-order valence-electron chi connectivity index (χ4n) is 3.53. The summed E-state index contributed by atoms with van der Waals surface area (Å²) >= 11 is 0. The summed E-state index contributed by atoms with van der Waals surface area (Å²) in [5.74, 6) is -0.737. The van der Waals surface area contributed by atoms with E-state index in [1.807, 2.05) is 0 Å². The molecule has 1 unspecified atom stereocenters. The smallest absolute Gasteiger partial charge is 0.245 e. The highest BCUT2D eigenvalue weighted by Crippen LogP contribution is 2.21. The van der Waals surface area contributed by atoms with Crippen molar-refractivity contribution >= 4 is 17.7 Å². The van der Waals surface area contributed by atoms with Gasteiger partial charge in [0.15, 0.2) is 0 Å². The summed E-state index contributed by atoms with van der Waals surface area (Å²) in [6.07, 6.45) is 1.46. The van der Waals surface area contributed by atoms with Crippen LogP contribution in [0.3, 0.4) is 0 Å². The van der Waals surface area contributed by atoms with Crippen molar-refractivity contribution < 1.29 is 18.8 Å². The monoisotopic (exact) mass is 347 g/mol. The average Bonchev–Trinajstić information content (AvgIpc) is 3.06. The summed E-state index contributed by atoms with van der Waals surface area (Å²) in [6, 6.07) is 5.72. The Balaban J connectivity index is 1.60. The van der Waals surface area contributed by atoms with Crippen molar-refractivity contribution in [2.24, 2.45) is 0 Å². The third kappa shape index (κ3) is 3.81. The van der Waals surface area contributed by atoms with E-state index in [0.29, 0.717) is 32.6 Å². The molecule has 0 aliphatic carbocycles. The van der Waals surface area contributed by atoms with E-state index in [0.717, 1.165) is 12.0 Å². The van der Waals surface area contributed by atoms with Crippen molar-refractivity contribution in [3.63, 3.8) is 0 Å². The van der Waals surface area contributed by atoms with Crippen molar-refractivity contribution in [3.8, 4) is 0 Å². The highest BCUT2D eigenvalue weighted by atomic mass is 19.1. The lowest BCUT2D eigenvalue weighted by atomic mass is 10.1. The van der Waals surface area contributed by atoms with Crippen molar-refractivity contribution in [2.75, 3.05) is 26.2 Å². The third-order valence-corrected chi connectivity index (χ3v) is 4.84. The molecule has 2 fully saturated rings. The average molecular weight is 347 g/mol. The first-order valence-electron chi connectivity index (χ1n) is 8.54. The number of rotatable bonds is 3. The van der Waals surface area contributed by atoms with Gasteiger partial charge in [-0.05, 0) is 30.5 Å². The highest BCUT2D eigenvalue weighted by molar-refractivity contribution is 5.91. The van der Waals surface area contributed by atoms with E-state index in [1.165, 1.54) is 24.0 Å². The quantitative estimate of drug-likeness (QED) is 0.820. The van der Waals surface area contributed by atoms with Crippen LogP contribution in [0.4, 0.5) is 4.39 Å². The first kappa shape index (κ1) is 17.4. The number of halogens is 1. The summed E-state index contributed by atoms with van der Waals surface area (Å²) in [6.45, 7) is 3.25. The minimum Gasteiger partial charge on any atom is -0.335 e. The molecule has 6 nitrogen and oxygen atoms in total. The van der Waals surface area contributed by atoms with Crippen molar-refractivity contribution in [2.45, 2.75) is 32.4 Å². The van der Waals surface area contributed by atoms with Gasteiger partial charge in [0.1, 0.15) is 11.9 Å². The van der Waals surface area contributed by atoms with E-state index in [4.69, 9.17) is 0 Å². The summed E-state index contributed by atoms with van der Waals surface area (Å²) < 4.78 is 13.3. The maximum atomic E-state index is 13.3. The molecule has 0 spiro atoms. The summed E-state index contributed by atoms with van der Waals surface area (Å²) in [5, 5.41) is 0. The second-order valence-electron chi connectivity index (χ2n) is 6.58. The van der Waals surface area contributed by atoms with Gasteiger partial charge >= 0.3 is 0 Å². The van der Waals surface area contributed by atoms with Crippen LogP contribution in [-0.2, 0) is 20.9 Å². The van der Waals surface area contributed by atoms with Crippen molar-refractivity contribution in [3.05, 3.63) is 35.6 Å². The molecule has 3 amide bonds. The standard InChI is InChI=1S/C18H22FN3O3/c1-13(23)22-7-3-6-16(22)18(25)21-9-8-20(17(24)12-21)11-14-4-2-5-15(19)10-14/h2,4-5,10,16H,3,6-9,11-12H2,1H3. The van der Waals surface area contributed by atoms with Crippen molar-refractivity contribution in [1.82, 2.24) is 14.7 Å². The fraction of sp³-hybridized carbons (Fsp3) is 0.500. The second kappa shape index (κ2) is 7.21. The number of carbonyl (C=O) groups excluding carboxylic acids is 3. The van der Waals surface area contributed by atoms with Crippen LogP contribution < -0.4 is 0 Å². The van der Waals surface area contributed by atoms with Gasteiger partial charge in [0.2, 0.25) is 17.7 Å². The van der Waals surface area contributed by atoms with Gasteiger partial charge in [0.25, 0.3) is 0 Å². The molecule has 2 aliphatic rings. The largest absolute Gasteiger partial charge is 0.335 e. The molecular formula is C18H22FN3O3. The number of nitrogens with zero attached hydrogens (tertiary/aromatic N) is 3. The molecule has 3 rings (SSSR count). The molecule has 2 heterocycles. The Kier molecular flexibility index (Phi) is 5.01. The molecule has 134 valence electrons. The minimum atomic E-state index is -0.444. The molecule has 0 N–H and O–H groups in total. The van der Waals surface area contributed by atoms with E-state index in [-0.39, 0.29) is 30.1 Å². The Bertz CT molecular complexity index is 694. The lowest BCUT2D eigenvalue weighted by Crippen LogP contribution is -2.56. The Morgan fingerprint density at radius 3 is 2.72 bits per heavy atom. The van der Waals surface area contributed by atoms with Crippen LogP contribution in [0.2, 0.25) is 0 Å². The Morgan fingerprint density at radius 2 is 2.04 bits per heavy atom. The number of hydrogen-bond donors (Lipinski definition) is 0. The second-order valence-corrected chi connectivity index (χ2v) is 6.58. The Labute approximate surface area is 146 Å². The minimum absolute atomic E-state index is 0.0103. The number of amides is 3. The topological polar surface area (TPSA) is 60.9 Å². The maximum absolute atomic E-state index is 13.3. The number of likely N-dealkylation sites (tertiary alicyclic amines) is 1. The highest BCUT2D eigenvalue weighted by Gasteiger charge is 2.37. The molecule has 1 aromatic rings. The van der Waals surface area contributed by atoms with Gasteiger partial charge < -0.3 is 14.7 Å². The van der Waals surface area contributed by atoms with E-state index in [9.17, 15) is 18.8 Å². The summed E-state index contributed by atoms with van der Waals surface area (Å²) in [4.78, 5) is 41.5. The predicted molar refractivity (Wildman–Crippen MR) is 88.8 cm³/mol. The van der Waals surface area contributed by atoms with Crippen LogP contribution in [0.25, 0.3) is 0 Å². The van der Waals surface area contributed by atoms with Gasteiger partial charge in [-0.25, -0.2) is 4.39 Å². The summed E-state index contributed by atoms with van der Waals surface area (Å²) in [7, 11) is 0. The predicted octanol–water partition coefficient (Wildman–Crippen LogP) is 1.01. The Hall–Kier alpha value is -2.44. The first-order valence-corrected chi connectivity index (χ1v) is 8.54. The zero-order valence-corrected chi connectivity index (χ0v) is 14.3. The molecule has 0 bridgehead atoms. The number of piperazine rings is 1. The molecule has 1 aromatic carbocycles.